The fourth-order valence-corrected chi connectivity index (χ4v) is 1.38. The molecule has 16 heavy (non-hydrogen) atoms. The topological polar surface area (TPSA) is 61.2 Å². The van der Waals surface area contributed by atoms with E-state index in [2.05, 4.69) is 9.72 Å². The lowest BCUT2D eigenvalue weighted by molar-refractivity contribution is 0.0589. The molecular formula is C10H11ClN2O3. The van der Waals surface area contributed by atoms with Crippen molar-refractivity contribution < 1.29 is 14.3 Å². The maximum atomic E-state index is 11.5. The summed E-state index contributed by atoms with van der Waals surface area (Å²) in [5, 5.41) is 0.0483. The van der Waals surface area contributed by atoms with Crippen molar-refractivity contribution in [2.75, 3.05) is 7.11 Å². The molecule has 0 aliphatic heterocycles. The molecule has 0 spiro atoms. The highest BCUT2D eigenvalue weighted by molar-refractivity contribution is 6.29. The van der Waals surface area contributed by atoms with Crippen LogP contribution in [0.15, 0.2) is 6.08 Å². The summed E-state index contributed by atoms with van der Waals surface area (Å²) in [4.78, 5) is 25.9. The van der Waals surface area contributed by atoms with Crippen LogP contribution in [0.2, 0.25) is 5.28 Å². The van der Waals surface area contributed by atoms with Gasteiger partial charge in [0.2, 0.25) is 5.28 Å². The summed E-state index contributed by atoms with van der Waals surface area (Å²) in [5.41, 5.74) is 0.00445. The molecule has 0 N–H and O–H groups in total. The molecule has 0 aromatic carbocycles. The molecule has 1 aromatic rings. The van der Waals surface area contributed by atoms with Crippen LogP contribution in [0.5, 0.6) is 0 Å². The van der Waals surface area contributed by atoms with Crippen LogP contribution in [0, 0.1) is 0 Å². The summed E-state index contributed by atoms with van der Waals surface area (Å²) in [5.74, 6) is -0.651. The van der Waals surface area contributed by atoms with Crippen molar-refractivity contribution in [3.05, 3.63) is 22.7 Å². The number of methoxy groups -OCH3 is 1. The van der Waals surface area contributed by atoms with Gasteiger partial charge in [-0.3, -0.25) is 9.36 Å². The minimum absolute atomic E-state index is 0.0300. The minimum Gasteiger partial charge on any atom is -0.464 e. The summed E-state index contributed by atoms with van der Waals surface area (Å²) < 4.78 is 5.88. The molecule has 0 amide bonds. The molecule has 1 aromatic heterocycles. The average molecular weight is 243 g/mol. The SMILES string of the molecule is CCC=Cn1c(Cl)nc(C=O)c1C(=O)OC. The van der Waals surface area contributed by atoms with Crippen LogP contribution in [-0.4, -0.2) is 28.9 Å². The first-order valence-electron chi connectivity index (χ1n) is 4.63. The lowest BCUT2D eigenvalue weighted by Crippen LogP contribution is -2.09. The van der Waals surface area contributed by atoms with E-state index in [0.29, 0.717) is 6.29 Å². The average Bonchev–Trinajstić information content (AvgIpc) is 2.62. The third-order valence-corrected chi connectivity index (χ3v) is 2.14. The Balaban J connectivity index is 3.33. The molecule has 0 unspecified atom stereocenters. The Morgan fingerprint density at radius 2 is 2.31 bits per heavy atom. The van der Waals surface area contributed by atoms with Crippen molar-refractivity contribution in [3.63, 3.8) is 0 Å². The van der Waals surface area contributed by atoms with Gasteiger partial charge in [0.15, 0.2) is 12.0 Å². The van der Waals surface area contributed by atoms with Gasteiger partial charge in [0.05, 0.1) is 7.11 Å². The van der Waals surface area contributed by atoms with Gasteiger partial charge in [0.1, 0.15) is 5.69 Å². The van der Waals surface area contributed by atoms with Crippen molar-refractivity contribution >= 4 is 30.1 Å². The number of nitrogens with zero attached hydrogens (tertiary/aromatic N) is 2. The minimum atomic E-state index is -0.651. The Morgan fingerprint density at radius 1 is 1.62 bits per heavy atom. The number of ether oxygens (including phenoxy) is 1. The number of halogens is 1. The van der Waals surface area contributed by atoms with Crippen LogP contribution in [0.1, 0.15) is 34.3 Å². The van der Waals surface area contributed by atoms with E-state index in [1.54, 1.807) is 12.3 Å². The van der Waals surface area contributed by atoms with Crippen LogP contribution in [0.3, 0.4) is 0 Å². The standard InChI is InChI=1S/C10H11ClN2O3/c1-3-4-5-13-8(9(15)16-2)7(6-14)12-10(13)11/h4-6H,3H2,1-2H3. The quantitative estimate of drug-likeness (QED) is 0.599. The molecule has 0 fully saturated rings. The van der Waals surface area contributed by atoms with Gasteiger partial charge >= 0.3 is 5.97 Å². The third kappa shape index (κ3) is 2.30. The highest BCUT2D eigenvalue weighted by Crippen LogP contribution is 2.17. The van der Waals surface area contributed by atoms with Crippen molar-refractivity contribution in [1.82, 2.24) is 9.55 Å². The van der Waals surface area contributed by atoms with Gasteiger partial charge in [-0.25, -0.2) is 9.78 Å². The first-order chi connectivity index (χ1) is 7.65. The molecule has 0 atom stereocenters. The van der Waals surface area contributed by atoms with Crippen molar-refractivity contribution in [2.45, 2.75) is 13.3 Å². The van der Waals surface area contributed by atoms with Gasteiger partial charge in [-0.2, -0.15) is 0 Å². The second kappa shape index (κ2) is 5.46. The number of aldehydes is 1. The van der Waals surface area contributed by atoms with Gasteiger partial charge < -0.3 is 4.74 Å². The first-order valence-corrected chi connectivity index (χ1v) is 5.01. The molecule has 1 rings (SSSR count). The van der Waals surface area contributed by atoms with Crippen molar-refractivity contribution in [1.29, 1.82) is 0 Å². The zero-order valence-electron chi connectivity index (χ0n) is 8.94. The molecule has 5 nitrogen and oxygen atoms in total. The Kier molecular flexibility index (Phi) is 4.25. The molecule has 86 valence electrons. The van der Waals surface area contributed by atoms with Crippen LogP contribution in [0.4, 0.5) is 0 Å². The lowest BCUT2D eigenvalue weighted by atomic mass is 10.3. The molecule has 6 heteroatoms. The molecule has 0 aliphatic rings. The van der Waals surface area contributed by atoms with Crippen LogP contribution >= 0.6 is 11.6 Å². The molecule has 0 radical (unpaired) electrons. The summed E-state index contributed by atoms with van der Waals surface area (Å²) >= 11 is 5.80. The number of imidazole rings is 1. The maximum absolute atomic E-state index is 11.5. The van der Waals surface area contributed by atoms with E-state index in [1.165, 1.54) is 11.7 Å². The second-order valence-electron chi connectivity index (χ2n) is 2.89. The normalized spacial score (nSPS) is 10.7. The van der Waals surface area contributed by atoms with Gasteiger partial charge in [-0.15, -0.1) is 0 Å². The summed E-state index contributed by atoms with van der Waals surface area (Å²) in [6.45, 7) is 1.93. The van der Waals surface area contributed by atoms with Gasteiger partial charge in [0.25, 0.3) is 0 Å². The van der Waals surface area contributed by atoms with Gasteiger partial charge in [-0.1, -0.05) is 13.0 Å². The fourth-order valence-electron chi connectivity index (χ4n) is 1.15. The maximum Gasteiger partial charge on any atom is 0.357 e. The Bertz CT molecular complexity index is 438. The number of carbonyl (C=O) groups excluding carboxylic acids is 2. The number of allylic oxidation sites excluding steroid dienone is 1. The van der Waals surface area contributed by atoms with Crippen LogP contribution in [0.25, 0.3) is 6.20 Å². The molecular weight excluding hydrogens is 232 g/mol. The number of hydrogen-bond donors (Lipinski definition) is 0. The van der Waals surface area contributed by atoms with Crippen LogP contribution < -0.4 is 0 Å². The number of aromatic nitrogens is 2. The predicted molar refractivity (Wildman–Crippen MR) is 59.6 cm³/mol. The number of rotatable bonds is 4. The molecule has 0 saturated carbocycles. The van der Waals surface area contributed by atoms with Crippen molar-refractivity contribution in [2.24, 2.45) is 0 Å². The summed E-state index contributed by atoms with van der Waals surface area (Å²) in [6.07, 6.45) is 4.60. The Hall–Kier alpha value is -1.62. The zero-order valence-corrected chi connectivity index (χ0v) is 9.69. The summed E-state index contributed by atoms with van der Waals surface area (Å²) in [7, 11) is 1.23. The van der Waals surface area contributed by atoms with E-state index in [4.69, 9.17) is 11.6 Å². The van der Waals surface area contributed by atoms with E-state index < -0.39 is 5.97 Å². The van der Waals surface area contributed by atoms with Crippen molar-refractivity contribution in [3.8, 4) is 0 Å². The van der Waals surface area contributed by atoms with Crippen LogP contribution in [-0.2, 0) is 4.74 Å². The highest BCUT2D eigenvalue weighted by atomic mass is 35.5. The van der Waals surface area contributed by atoms with E-state index in [9.17, 15) is 9.59 Å². The zero-order chi connectivity index (χ0) is 12.1. The molecule has 0 aliphatic carbocycles. The third-order valence-electron chi connectivity index (χ3n) is 1.88. The molecule has 0 saturated heterocycles. The number of hydrogen-bond acceptors (Lipinski definition) is 4. The Labute approximate surface area is 97.7 Å². The number of esters is 1. The van der Waals surface area contributed by atoms with E-state index in [0.717, 1.165) is 6.42 Å². The largest absolute Gasteiger partial charge is 0.464 e. The lowest BCUT2D eigenvalue weighted by Gasteiger charge is -2.02. The predicted octanol–water partition coefficient (Wildman–Crippen LogP) is 2.02. The van der Waals surface area contributed by atoms with Gasteiger partial charge in [-0.05, 0) is 18.0 Å². The monoisotopic (exact) mass is 242 g/mol. The highest BCUT2D eigenvalue weighted by Gasteiger charge is 2.21. The van der Waals surface area contributed by atoms with E-state index >= 15 is 0 Å². The molecule has 0 bridgehead atoms. The summed E-state index contributed by atoms with van der Waals surface area (Å²) in [6, 6.07) is 0. The van der Waals surface area contributed by atoms with E-state index in [-0.39, 0.29) is 16.7 Å². The van der Waals surface area contributed by atoms with E-state index in [1.807, 2.05) is 6.92 Å². The number of carbonyl (C=O) groups is 2. The first kappa shape index (κ1) is 12.4. The smallest absolute Gasteiger partial charge is 0.357 e. The van der Waals surface area contributed by atoms with Gasteiger partial charge in [0, 0.05) is 6.20 Å². The molecule has 1 heterocycles. The second-order valence-corrected chi connectivity index (χ2v) is 3.23. The fraction of sp³-hybridized carbons (Fsp3) is 0.300. The Morgan fingerprint density at radius 3 is 2.81 bits per heavy atom.